The molecule has 0 bridgehead atoms. The first kappa shape index (κ1) is 24.6. The molecule has 0 radical (unpaired) electrons. The summed E-state index contributed by atoms with van der Waals surface area (Å²) in [6.07, 6.45) is -0.951. The van der Waals surface area contributed by atoms with Gasteiger partial charge in [-0.3, -0.25) is 14.4 Å². The quantitative estimate of drug-likeness (QED) is 0.335. The third kappa shape index (κ3) is 9.19. The van der Waals surface area contributed by atoms with Crippen molar-refractivity contribution >= 4 is 26.3 Å². The van der Waals surface area contributed by atoms with Crippen LogP contribution in [-0.2, 0) is 23.6 Å². The molecule has 1 aliphatic rings. The Morgan fingerprint density at radius 2 is 1.52 bits per heavy atom. The van der Waals surface area contributed by atoms with Crippen molar-refractivity contribution in [3.63, 3.8) is 0 Å². The molecule has 0 aromatic rings. The molecule has 0 unspecified atom stereocenters. The molecule has 126 valence electrons. The second kappa shape index (κ2) is 10.3. The van der Waals surface area contributed by atoms with Gasteiger partial charge in [-0.15, -0.1) is 0 Å². The number of rotatable bonds is 5. The summed E-state index contributed by atoms with van der Waals surface area (Å²) in [6.45, 7) is 6.32. The fraction of sp³-hybridized carbons (Fsp3) is 0.769. The van der Waals surface area contributed by atoms with E-state index in [1.165, 1.54) is 0 Å². The molecule has 1 fully saturated rings. The Kier molecular flexibility index (Phi) is 12.1. The highest BCUT2D eigenvalue weighted by Gasteiger charge is 2.33. The van der Waals surface area contributed by atoms with Crippen LogP contribution < -0.4 is 0 Å². The number of hydroxylamine groups is 2. The van der Waals surface area contributed by atoms with Crippen LogP contribution in [0.3, 0.4) is 0 Å². The van der Waals surface area contributed by atoms with Gasteiger partial charge in [-0.1, -0.05) is 27.3 Å². The third-order valence-electron chi connectivity index (χ3n) is 2.01. The van der Waals surface area contributed by atoms with Crippen LogP contribution in [0.5, 0.6) is 0 Å². The molecular weight excluding hydrogens is 294 g/mol. The average Bonchev–Trinajstić information content (AvgIpc) is 2.55. The highest BCUT2D eigenvalue weighted by Crippen LogP contribution is 2.12. The van der Waals surface area contributed by atoms with Gasteiger partial charge in [0.2, 0.25) is 0 Å². The summed E-state index contributed by atoms with van der Waals surface area (Å²) in [6, 6.07) is 0. The fourth-order valence-electron chi connectivity index (χ4n) is 1.23. The number of imide groups is 1. The van der Waals surface area contributed by atoms with Gasteiger partial charge < -0.3 is 9.16 Å². The summed E-state index contributed by atoms with van der Waals surface area (Å²) >= 11 is 0. The largest absolute Gasteiger partial charge is 0.534 e. The van der Waals surface area contributed by atoms with Crippen molar-refractivity contribution in [3.8, 4) is 0 Å². The Morgan fingerprint density at radius 1 is 1.05 bits per heavy atom. The predicted octanol–water partition coefficient (Wildman–Crippen LogP) is 2.96. The van der Waals surface area contributed by atoms with E-state index in [2.05, 4.69) is 9.57 Å². The predicted molar refractivity (Wildman–Crippen MR) is 83.0 cm³/mol. The molecular formula is C13H29NO6Si. The van der Waals surface area contributed by atoms with E-state index in [0.717, 1.165) is 0 Å². The van der Waals surface area contributed by atoms with E-state index < -0.39 is 26.3 Å². The van der Waals surface area contributed by atoms with Gasteiger partial charge in [0.15, 0.2) is 8.32 Å². The van der Waals surface area contributed by atoms with Gasteiger partial charge in [0.25, 0.3) is 11.8 Å². The summed E-state index contributed by atoms with van der Waals surface area (Å²) in [4.78, 5) is 37.9. The van der Waals surface area contributed by atoms with Crippen LogP contribution in [0.1, 0.15) is 35.1 Å². The summed E-state index contributed by atoms with van der Waals surface area (Å²) in [5.74, 6) is -1.06. The van der Waals surface area contributed by atoms with Crippen LogP contribution in [0, 0.1) is 0 Å². The Bertz CT molecular complexity index is 337. The van der Waals surface area contributed by atoms with Crippen LogP contribution in [0.4, 0.5) is 4.79 Å². The highest BCUT2D eigenvalue weighted by molar-refractivity contribution is 6.69. The van der Waals surface area contributed by atoms with E-state index in [9.17, 15) is 14.4 Å². The maximum absolute atomic E-state index is 11.2. The van der Waals surface area contributed by atoms with E-state index in [1.54, 1.807) is 0 Å². The standard InChI is InChI=1S/C10H17NO6Si.3CH4/c1-18(2,3)16-7-6-15-10(14)17-11-8(12)4-5-9(11)13;;;/h4-7H2,1-3H3;3*1H4. The molecule has 0 atom stereocenters. The summed E-state index contributed by atoms with van der Waals surface area (Å²) in [7, 11) is -1.64. The van der Waals surface area contributed by atoms with Crippen LogP contribution in [0.25, 0.3) is 0 Å². The number of hydrogen-bond acceptors (Lipinski definition) is 6. The molecule has 0 N–H and O–H groups in total. The van der Waals surface area contributed by atoms with Gasteiger partial charge in [-0.25, -0.2) is 4.79 Å². The van der Waals surface area contributed by atoms with Gasteiger partial charge in [0, 0.05) is 12.8 Å². The minimum atomic E-state index is -1.64. The van der Waals surface area contributed by atoms with Crippen molar-refractivity contribution in [2.75, 3.05) is 13.2 Å². The van der Waals surface area contributed by atoms with E-state index >= 15 is 0 Å². The summed E-state index contributed by atoms with van der Waals surface area (Å²) < 4.78 is 10.1. The molecule has 21 heavy (non-hydrogen) atoms. The summed E-state index contributed by atoms with van der Waals surface area (Å²) in [5.41, 5.74) is 0. The summed E-state index contributed by atoms with van der Waals surface area (Å²) in [5, 5.41) is 0.446. The smallest absolute Gasteiger partial charge is 0.430 e. The van der Waals surface area contributed by atoms with Crippen LogP contribution in [0.15, 0.2) is 0 Å². The SMILES string of the molecule is C.C.C.C[Si](C)(C)OCCOC(=O)ON1C(=O)CCC1=O. The van der Waals surface area contributed by atoms with E-state index in [0.29, 0.717) is 5.06 Å². The van der Waals surface area contributed by atoms with Gasteiger partial charge in [-0.05, 0) is 19.6 Å². The van der Waals surface area contributed by atoms with Crippen LogP contribution in [-0.4, -0.2) is 44.6 Å². The number of amides is 2. The Balaban J connectivity index is -0.00000108. The monoisotopic (exact) mass is 323 g/mol. The lowest BCUT2D eigenvalue weighted by Crippen LogP contribution is -2.33. The number of carbonyl (C=O) groups is 3. The molecule has 7 nitrogen and oxygen atoms in total. The molecule has 0 spiro atoms. The van der Waals surface area contributed by atoms with Crippen molar-refractivity contribution in [3.05, 3.63) is 0 Å². The lowest BCUT2D eigenvalue weighted by Gasteiger charge is -2.17. The maximum atomic E-state index is 11.2. The van der Waals surface area contributed by atoms with Crippen LogP contribution >= 0.6 is 0 Å². The first-order valence-electron chi connectivity index (χ1n) is 5.64. The van der Waals surface area contributed by atoms with Crippen molar-refractivity contribution in [1.29, 1.82) is 0 Å². The second-order valence-corrected chi connectivity index (χ2v) is 9.25. The van der Waals surface area contributed by atoms with E-state index in [-0.39, 0.29) is 48.3 Å². The average molecular weight is 323 g/mol. The zero-order valence-corrected chi connectivity index (χ0v) is 11.7. The first-order chi connectivity index (χ1) is 8.29. The van der Waals surface area contributed by atoms with E-state index in [1.807, 2.05) is 19.6 Å². The zero-order chi connectivity index (χ0) is 13.8. The van der Waals surface area contributed by atoms with Crippen molar-refractivity contribution in [2.45, 2.75) is 54.8 Å². The lowest BCUT2D eigenvalue weighted by atomic mass is 10.4. The van der Waals surface area contributed by atoms with Crippen molar-refractivity contribution < 1.29 is 28.4 Å². The number of ether oxygens (including phenoxy) is 1. The molecule has 1 heterocycles. The minimum Gasteiger partial charge on any atom is -0.430 e. The topological polar surface area (TPSA) is 82.1 Å². The van der Waals surface area contributed by atoms with Crippen LogP contribution in [0.2, 0.25) is 19.6 Å². The molecule has 1 aliphatic heterocycles. The Labute approximate surface area is 128 Å². The number of nitrogens with zero attached hydrogens (tertiary/aromatic N) is 1. The highest BCUT2D eigenvalue weighted by atomic mass is 28.4. The molecule has 0 saturated carbocycles. The minimum absolute atomic E-state index is 0. The van der Waals surface area contributed by atoms with Gasteiger partial charge >= 0.3 is 6.16 Å². The van der Waals surface area contributed by atoms with E-state index in [4.69, 9.17) is 4.43 Å². The molecule has 2 amide bonds. The Morgan fingerprint density at radius 3 is 1.95 bits per heavy atom. The number of hydrogen-bond donors (Lipinski definition) is 0. The molecule has 1 rings (SSSR count). The first-order valence-corrected chi connectivity index (χ1v) is 9.05. The Hall–Kier alpha value is -1.41. The third-order valence-corrected chi connectivity index (χ3v) is 3.08. The molecule has 0 aliphatic carbocycles. The molecule has 1 saturated heterocycles. The van der Waals surface area contributed by atoms with Gasteiger partial charge in [0.05, 0.1) is 6.61 Å². The van der Waals surface area contributed by atoms with Gasteiger partial charge in [-0.2, -0.15) is 0 Å². The maximum Gasteiger partial charge on any atom is 0.534 e. The van der Waals surface area contributed by atoms with Crippen molar-refractivity contribution in [1.82, 2.24) is 5.06 Å². The zero-order valence-electron chi connectivity index (χ0n) is 10.7. The molecule has 0 aromatic carbocycles. The normalized spacial score (nSPS) is 13.8. The molecule has 0 aromatic heterocycles. The molecule has 8 heteroatoms. The fourth-order valence-corrected chi connectivity index (χ4v) is 1.93. The second-order valence-electron chi connectivity index (χ2n) is 4.73. The number of carbonyl (C=O) groups excluding carboxylic acids is 3. The van der Waals surface area contributed by atoms with Gasteiger partial charge in [0.1, 0.15) is 6.61 Å². The van der Waals surface area contributed by atoms with Crippen molar-refractivity contribution in [2.24, 2.45) is 0 Å². The lowest BCUT2D eigenvalue weighted by molar-refractivity contribution is -0.177.